The summed E-state index contributed by atoms with van der Waals surface area (Å²) >= 11 is 0. The number of aromatic amines is 1. The molecule has 0 aliphatic carbocycles. The average molecular weight is 333 g/mol. The van der Waals surface area contributed by atoms with Crippen molar-refractivity contribution in [1.29, 1.82) is 0 Å². The molecule has 2 N–H and O–H groups in total. The van der Waals surface area contributed by atoms with Gasteiger partial charge in [0.25, 0.3) is 5.56 Å². The minimum absolute atomic E-state index is 0.0196. The first-order valence-corrected chi connectivity index (χ1v) is 8.82. The summed E-state index contributed by atoms with van der Waals surface area (Å²) < 4.78 is 0. The van der Waals surface area contributed by atoms with Gasteiger partial charge in [0.15, 0.2) is 0 Å². The van der Waals surface area contributed by atoms with Crippen molar-refractivity contribution in [3.8, 4) is 0 Å². The van der Waals surface area contributed by atoms with Gasteiger partial charge >= 0.3 is 0 Å². The summed E-state index contributed by atoms with van der Waals surface area (Å²) in [4.78, 5) is 17.8. The SMILES string of the molecule is Cc1ccc2[nH]c(=O)c(CN3CCNC(c4ccccc4)C3)cc2c1. The van der Waals surface area contributed by atoms with E-state index in [9.17, 15) is 4.79 Å². The zero-order chi connectivity index (χ0) is 17.2. The van der Waals surface area contributed by atoms with Gasteiger partial charge in [0.05, 0.1) is 0 Å². The number of pyridine rings is 1. The predicted octanol–water partition coefficient (Wildman–Crippen LogP) is 2.98. The highest BCUT2D eigenvalue weighted by Crippen LogP contribution is 2.19. The van der Waals surface area contributed by atoms with Crippen LogP contribution in [0.3, 0.4) is 0 Å². The Labute approximate surface area is 147 Å². The summed E-state index contributed by atoms with van der Waals surface area (Å²) in [6.45, 7) is 5.56. The minimum atomic E-state index is 0.0196. The van der Waals surface area contributed by atoms with Crippen molar-refractivity contribution < 1.29 is 0 Å². The Morgan fingerprint density at radius 2 is 1.96 bits per heavy atom. The van der Waals surface area contributed by atoms with Crippen molar-refractivity contribution in [3.05, 3.63) is 81.6 Å². The molecule has 4 rings (SSSR count). The van der Waals surface area contributed by atoms with E-state index in [1.165, 1.54) is 11.1 Å². The fraction of sp³-hybridized carbons (Fsp3) is 0.286. The molecule has 3 aromatic rings. The van der Waals surface area contributed by atoms with E-state index in [-0.39, 0.29) is 5.56 Å². The maximum atomic E-state index is 12.4. The average Bonchev–Trinajstić information content (AvgIpc) is 2.64. The van der Waals surface area contributed by atoms with Crippen LogP contribution in [0.4, 0.5) is 0 Å². The lowest BCUT2D eigenvalue weighted by Crippen LogP contribution is -2.45. The summed E-state index contributed by atoms with van der Waals surface area (Å²) in [7, 11) is 0. The molecule has 128 valence electrons. The first-order valence-electron chi connectivity index (χ1n) is 8.82. The Balaban J connectivity index is 1.56. The van der Waals surface area contributed by atoms with Crippen LogP contribution in [-0.4, -0.2) is 29.5 Å². The monoisotopic (exact) mass is 333 g/mol. The van der Waals surface area contributed by atoms with Gasteiger partial charge in [-0.1, -0.05) is 42.0 Å². The molecule has 0 bridgehead atoms. The molecular weight excluding hydrogens is 310 g/mol. The molecule has 1 unspecified atom stereocenters. The minimum Gasteiger partial charge on any atom is -0.322 e. The van der Waals surface area contributed by atoms with Gasteiger partial charge in [0.2, 0.25) is 0 Å². The standard InChI is InChI=1S/C21H23N3O/c1-15-7-8-19-17(11-15)12-18(21(25)23-19)13-24-10-9-22-20(14-24)16-5-3-2-4-6-16/h2-8,11-12,20,22H,9-10,13-14H2,1H3,(H,23,25). The maximum absolute atomic E-state index is 12.4. The van der Waals surface area contributed by atoms with E-state index < -0.39 is 0 Å². The molecule has 0 spiro atoms. The quantitative estimate of drug-likeness (QED) is 0.775. The van der Waals surface area contributed by atoms with Gasteiger partial charge in [-0.15, -0.1) is 0 Å². The molecule has 2 heterocycles. The summed E-state index contributed by atoms with van der Waals surface area (Å²) in [5.41, 5.74) is 4.27. The molecule has 1 aliphatic heterocycles. The summed E-state index contributed by atoms with van der Waals surface area (Å²) in [6, 6.07) is 19.0. The Morgan fingerprint density at radius 1 is 1.12 bits per heavy atom. The number of fused-ring (bicyclic) bond motifs is 1. The zero-order valence-electron chi connectivity index (χ0n) is 14.5. The molecule has 1 atom stereocenters. The van der Waals surface area contributed by atoms with Crippen molar-refractivity contribution >= 4 is 10.9 Å². The third-order valence-electron chi connectivity index (χ3n) is 4.93. The molecule has 1 saturated heterocycles. The fourth-order valence-corrected chi connectivity index (χ4v) is 3.59. The predicted molar refractivity (Wildman–Crippen MR) is 102 cm³/mol. The highest BCUT2D eigenvalue weighted by molar-refractivity contribution is 5.79. The van der Waals surface area contributed by atoms with E-state index in [1.54, 1.807) is 0 Å². The van der Waals surface area contributed by atoms with Crippen LogP contribution in [0.2, 0.25) is 0 Å². The van der Waals surface area contributed by atoms with E-state index >= 15 is 0 Å². The lowest BCUT2D eigenvalue weighted by atomic mass is 10.0. The van der Waals surface area contributed by atoms with Gasteiger partial charge in [-0.25, -0.2) is 0 Å². The first-order chi connectivity index (χ1) is 12.2. The van der Waals surface area contributed by atoms with Crippen molar-refractivity contribution in [2.45, 2.75) is 19.5 Å². The van der Waals surface area contributed by atoms with Crippen molar-refractivity contribution in [2.24, 2.45) is 0 Å². The number of nitrogens with one attached hydrogen (secondary N) is 2. The molecule has 25 heavy (non-hydrogen) atoms. The van der Waals surface area contributed by atoms with Crippen LogP contribution >= 0.6 is 0 Å². The number of rotatable bonds is 3. The second kappa shape index (κ2) is 6.82. The van der Waals surface area contributed by atoms with Crippen LogP contribution in [0.1, 0.15) is 22.7 Å². The number of benzene rings is 2. The van der Waals surface area contributed by atoms with Crippen molar-refractivity contribution in [3.63, 3.8) is 0 Å². The Bertz CT molecular complexity index is 933. The molecule has 0 saturated carbocycles. The van der Waals surface area contributed by atoms with E-state index in [4.69, 9.17) is 0 Å². The third-order valence-corrected chi connectivity index (χ3v) is 4.93. The second-order valence-corrected chi connectivity index (χ2v) is 6.87. The Kier molecular flexibility index (Phi) is 4.38. The normalized spacial score (nSPS) is 18.5. The van der Waals surface area contributed by atoms with Gasteiger partial charge in [-0.3, -0.25) is 9.69 Å². The van der Waals surface area contributed by atoms with Crippen LogP contribution in [0.25, 0.3) is 10.9 Å². The third kappa shape index (κ3) is 3.50. The molecule has 2 aromatic carbocycles. The molecular formula is C21H23N3O. The summed E-state index contributed by atoms with van der Waals surface area (Å²) in [5, 5.41) is 4.68. The smallest absolute Gasteiger partial charge is 0.252 e. The van der Waals surface area contributed by atoms with Gasteiger partial charge in [0.1, 0.15) is 0 Å². The van der Waals surface area contributed by atoms with Crippen LogP contribution in [0, 0.1) is 6.92 Å². The lowest BCUT2D eigenvalue weighted by Gasteiger charge is -2.33. The van der Waals surface area contributed by atoms with Gasteiger partial charge < -0.3 is 10.3 Å². The molecule has 1 aromatic heterocycles. The Morgan fingerprint density at radius 3 is 2.80 bits per heavy atom. The summed E-state index contributed by atoms with van der Waals surface area (Å²) in [5.74, 6) is 0. The topological polar surface area (TPSA) is 48.1 Å². The molecule has 1 aliphatic rings. The number of H-pyrrole nitrogens is 1. The summed E-state index contributed by atoms with van der Waals surface area (Å²) in [6.07, 6.45) is 0. The van der Waals surface area contributed by atoms with E-state index in [0.29, 0.717) is 12.6 Å². The second-order valence-electron chi connectivity index (χ2n) is 6.87. The Hall–Kier alpha value is -2.43. The van der Waals surface area contributed by atoms with Crippen LogP contribution in [0.5, 0.6) is 0 Å². The van der Waals surface area contributed by atoms with Gasteiger partial charge in [-0.05, 0) is 36.1 Å². The molecule has 0 radical (unpaired) electrons. The number of aromatic nitrogens is 1. The van der Waals surface area contributed by atoms with Gasteiger partial charge in [-0.2, -0.15) is 0 Å². The molecule has 4 heteroatoms. The molecule has 4 nitrogen and oxygen atoms in total. The number of aryl methyl sites for hydroxylation is 1. The van der Waals surface area contributed by atoms with E-state index in [0.717, 1.165) is 36.1 Å². The van der Waals surface area contributed by atoms with Gasteiger partial charge in [0, 0.05) is 43.3 Å². The number of hydrogen-bond acceptors (Lipinski definition) is 3. The van der Waals surface area contributed by atoms with Crippen molar-refractivity contribution in [1.82, 2.24) is 15.2 Å². The van der Waals surface area contributed by atoms with Crippen molar-refractivity contribution in [2.75, 3.05) is 19.6 Å². The molecule has 0 amide bonds. The highest BCUT2D eigenvalue weighted by Gasteiger charge is 2.21. The largest absolute Gasteiger partial charge is 0.322 e. The number of nitrogens with zero attached hydrogens (tertiary/aromatic N) is 1. The fourth-order valence-electron chi connectivity index (χ4n) is 3.59. The number of hydrogen-bond donors (Lipinski definition) is 2. The van der Waals surface area contributed by atoms with Crippen LogP contribution in [-0.2, 0) is 6.54 Å². The first kappa shape index (κ1) is 16.1. The van der Waals surface area contributed by atoms with Crippen LogP contribution in [0.15, 0.2) is 59.4 Å². The van der Waals surface area contributed by atoms with Crippen LogP contribution < -0.4 is 10.9 Å². The zero-order valence-corrected chi connectivity index (χ0v) is 14.5. The lowest BCUT2D eigenvalue weighted by molar-refractivity contribution is 0.192. The molecule has 1 fully saturated rings. The highest BCUT2D eigenvalue weighted by atomic mass is 16.1. The van der Waals surface area contributed by atoms with E-state index in [2.05, 4.69) is 52.5 Å². The number of piperazine rings is 1. The maximum Gasteiger partial charge on any atom is 0.252 e. The van der Waals surface area contributed by atoms with E-state index in [1.807, 2.05) is 24.3 Å².